The van der Waals surface area contributed by atoms with Crippen LogP contribution in [0, 0.1) is 0 Å². The molecule has 3 heteroatoms. The summed E-state index contributed by atoms with van der Waals surface area (Å²) in [7, 11) is 0. The summed E-state index contributed by atoms with van der Waals surface area (Å²) in [6.45, 7) is 2.27. The van der Waals surface area contributed by atoms with Crippen LogP contribution in [0.5, 0.6) is 0 Å². The molecule has 0 aliphatic rings. The molecule has 21 heavy (non-hydrogen) atoms. The first-order valence-electron chi connectivity index (χ1n) is 8.99. The fourth-order valence-corrected chi connectivity index (χ4v) is 2.65. The fourth-order valence-electron chi connectivity index (χ4n) is 2.65. The van der Waals surface area contributed by atoms with Gasteiger partial charge in [-0.1, -0.05) is 96.8 Å². The van der Waals surface area contributed by atoms with Gasteiger partial charge < -0.3 is 5.11 Å². The summed E-state index contributed by atoms with van der Waals surface area (Å²) in [5.74, 6) is -0.653. The second kappa shape index (κ2) is 20.2. The SMILES string of the molecule is CCCCCCCCCCCCCCCCCC(=O)O.[Ag]. The molecule has 1 N–H and O–H groups in total. The van der Waals surface area contributed by atoms with Crippen molar-refractivity contribution in [3.63, 3.8) is 0 Å². The van der Waals surface area contributed by atoms with Crippen LogP contribution in [0.3, 0.4) is 0 Å². The Hall–Kier alpha value is 0.210. The summed E-state index contributed by atoms with van der Waals surface area (Å²) in [6.07, 6.45) is 20.2. The molecule has 0 bridgehead atoms. The van der Waals surface area contributed by atoms with Crippen molar-refractivity contribution >= 4 is 5.97 Å². The predicted octanol–water partition coefficient (Wildman–Crippen LogP) is 6.33. The maximum absolute atomic E-state index is 10.3. The first-order valence-corrected chi connectivity index (χ1v) is 8.99. The van der Waals surface area contributed by atoms with Crippen molar-refractivity contribution in [2.24, 2.45) is 0 Å². The minimum atomic E-state index is -0.653. The topological polar surface area (TPSA) is 37.3 Å². The van der Waals surface area contributed by atoms with Crippen LogP contribution in [-0.2, 0) is 27.2 Å². The summed E-state index contributed by atoms with van der Waals surface area (Å²) < 4.78 is 0. The average Bonchev–Trinajstić information content (AvgIpc) is 2.43. The van der Waals surface area contributed by atoms with Gasteiger partial charge in [-0.15, -0.1) is 0 Å². The van der Waals surface area contributed by atoms with E-state index in [9.17, 15) is 4.79 Å². The van der Waals surface area contributed by atoms with Gasteiger partial charge in [0.15, 0.2) is 0 Å². The molecular formula is C18H36AgO2. The van der Waals surface area contributed by atoms with Crippen LogP contribution in [0.2, 0.25) is 0 Å². The van der Waals surface area contributed by atoms with Gasteiger partial charge in [-0.3, -0.25) is 4.79 Å². The van der Waals surface area contributed by atoms with E-state index in [-0.39, 0.29) is 22.4 Å². The number of hydrogen-bond donors (Lipinski definition) is 1. The normalized spacial score (nSPS) is 10.3. The number of carboxylic acid groups (broad SMARTS) is 1. The number of aliphatic carboxylic acids is 1. The van der Waals surface area contributed by atoms with E-state index in [4.69, 9.17) is 5.11 Å². The zero-order valence-corrected chi connectivity index (χ0v) is 15.5. The Kier molecular flexibility index (Phi) is 22.6. The van der Waals surface area contributed by atoms with Gasteiger partial charge in [-0.05, 0) is 6.42 Å². The van der Waals surface area contributed by atoms with Crippen LogP contribution in [0.4, 0.5) is 0 Å². The zero-order valence-electron chi connectivity index (χ0n) is 14.0. The van der Waals surface area contributed by atoms with E-state index in [0.717, 1.165) is 12.8 Å². The van der Waals surface area contributed by atoms with Crippen molar-refractivity contribution < 1.29 is 32.3 Å². The van der Waals surface area contributed by atoms with Gasteiger partial charge in [-0.2, -0.15) is 0 Å². The Labute approximate surface area is 148 Å². The van der Waals surface area contributed by atoms with Gasteiger partial charge in [0.05, 0.1) is 0 Å². The molecule has 0 aliphatic carbocycles. The first kappa shape index (κ1) is 23.5. The fraction of sp³-hybridized carbons (Fsp3) is 0.944. The van der Waals surface area contributed by atoms with Gasteiger partial charge >= 0.3 is 5.97 Å². The number of rotatable bonds is 16. The van der Waals surface area contributed by atoms with Gasteiger partial charge in [-0.25, -0.2) is 0 Å². The molecule has 0 fully saturated rings. The van der Waals surface area contributed by atoms with E-state index in [0.29, 0.717) is 6.42 Å². The number of unbranched alkanes of at least 4 members (excludes halogenated alkanes) is 14. The molecule has 0 amide bonds. The number of hydrogen-bond acceptors (Lipinski definition) is 1. The van der Waals surface area contributed by atoms with E-state index in [1.54, 1.807) is 0 Å². The summed E-state index contributed by atoms with van der Waals surface area (Å²) in [6, 6.07) is 0. The average molecular weight is 392 g/mol. The maximum atomic E-state index is 10.3. The maximum Gasteiger partial charge on any atom is 0.303 e. The molecule has 2 nitrogen and oxygen atoms in total. The second-order valence-electron chi connectivity index (χ2n) is 6.09. The third kappa shape index (κ3) is 22.6. The summed E-state index contributed by atoms with van der Waals surface area (Å²) in [5.41, 5.74) is 0. The molecule has 0 aromatic heterocycles. The quantitative estimate of drug-likeness (QED) is 0.246. The van der Waals surface area contributed by atoms with Gasteiger partial charge in [0.2, 0.25) is 0 Å². The minimum Gasteiger partial charge on any atom is -0.481 e. The van der Waals surface area contributed by atoms with Crippen LogP contribution in [0.25, 0.3) is 0 Å². The molecule has 0 aliphatic heterocycles. The van der Waals surface area contributed by atoms with E-state index >= 15 is 0 Å². The van der Waals surface area contributed by atoms with Crippen LogP contribution in [0.1, 0.15) is 110 Å². The predicted molar refractivity (Wildman–Crippen MR) is 87.2 cm³/mol. The smallest absolute Gasteiger partial charge is 0.303 e. The Morgan fingerprint density at radius 1 is 0.619 bits per heavy atom. The summed E-state index contributed by atoms with van der Waals surface area (Å²) in [5, 5.41) is 8.52. The third-order valence-corrected chi connectivity index (χ3v) is 3.99. The molecule has 0 saturated carbocycles. The van der Waals surface area contributed by atoms with Crippen LogP contribution in [0.15, 0.2) is 0 Å². The van der Waals surface area contributed by atoms with Gasteiger partial charge in [0.25, 0.3) is 0 Å². The summed E-state index contributed by atoms with van der Waals surface area (Å²) >= 11 is 0. The number of carbonyl (C=O) groups is 1. The molecular weight excluding hydrogens is 356 g/mol. The van der Waals surface area contributed by atoms with Crippen molar-refractivity contribution in [1.29, 1.82) is 0 Å². The molecule has 1 radical (unpaired) electrons. The van der Waals surface area contributed by atoms with Crippen LogP contribution < -0.4 is 0 Å². The van der Waals surface area contributed by atoms with E-state index in [2.05, 4.69) is 6.92 Å². The zero-order chi connectivity index (χ0) is 14.9. The molecule has 0 atom stereocenters. The second-order valence-corrected chi connectivity index (χ2v) is 6.09. The molecule has 0 spiro atoms. The van der Waals surface area contributed by atoms with E-state index < -0.39 is 5.97 Å². The van der Waals surface area contributed by atoms with Crippen molar-refractivity contribution in [2.75, 3.05) is 0 Å². The molecule has 0 heterocycles. The molecule has 131 valence electrons. The Balaban J connectivity index is 0. The first-order chi connectivity index (χ1) is 9.77. The van der Waals surface area contributed by atoms with Gasteiger partial charge in [0, 0.05) is 28.8 Å². The molecule has 0 aromatic carbocycles. The standard InChI is InChI=1S/C18H36O2.Ag/c1-2-3-4-5-6-7-8-9-10-11-12-13-14-15-16-17-18(19)20;/h2-17H2,1H3,(H,19,20);. The van der Waals surface area contributed by atoms with Crippen molar-refractivity contribution in [3.05, 3.63) is 0 Å². The molecule has 0 aromatic rings. The molecule has 0 unspecified atom stereocenters. The van der Waals surface area contributed by atoms with Gasteiger partial charge in [0.1, 0.15) is 0 Å². The third-order valence-electron chi connectivity index (χ3n) is 3.99. The molecule has 0 rings (SSSR count). The summed E-state index contributed by atoms with van der Waals surface area (Å²) in [4.78, 5) is 10.3. The Morgan fingerprint density at radius 2 is 0.905 bits per heavy atom. The van der Waals surface area contributed by atoms with E-state index in [1.807, 2.05) is 0 Å². The Morgan fingerprint density at radius 3 is 1.19 bits per heavy atom. The van der Waals surface area contributed by atoms with E-state index in [1.165, 1.54) is 83.5 Å². The monoisotopic (exact) mass is 391 g/mol. The van der Waals surface area contributed by atoms with Crippen LogP contribution in [-0.4, -0.2) is 11.1 Å². The number of carboxylic acids is 1. The van der Waals surface area contributed by atoms with Crippen LogP contribution >= 0.6 is 0 Å². The van der Waals surface area contributed by atoms with Crippen molar-refractivity contribution in [1.82, 2.24) is 0 Å². The van der Waals surface area contributed by atoms with Crippen molar-refractivity contribution in [3.8, 4) is 0 Å². The van der Waals surface area contributed by atoms with Crippen molar-refractivity contribution in [2.45, 2.75) is 110 Å². The molecule has 0 saturated heterocycles. The minimum absolute atomic E-state index is 0. The largest absolute Gasteiger partial charge is 0.481 e. The Bertz CT molecular complexity index is 207.